The smallest absolute Gasteiger partial charge is 0.224 e. The average Bonchev–Trinajstić information content (AvgIpc) is 2.33. The molecular formula is C16H23NO2. The fraction of sp³-hybridized carbons (Fsp3) is 0.500. The molecule has 0 aromatic heterocycles. The van der Waals surface area contributed by atoms with Gasteiger partial charge in [-0.05, 0) is 44.4 Å². The van der Waals surface area contributed by atoms with Crippen molar-refractivity contribution in [2.45, 2.75) is 52.4 Å². The van der Waals surface area contributed by atoms with Crippen LogP contribution in [0.4, 0.5) is 5.69 Å². The minimum absolute atomic E-state index is 0.0668. The number of rotatable bonds is 8. The highest BCUT2D eigenvalue weighted by Crippen LogP contribution is 2.11. The van der Waals surface area contributed by atoms with Gasteiger partial charge in [0.05, 0.1) is 0 Å². The van der Waals surface area contributed by atoms with E-state index in [2.05, 4.69) is 5.32 Å². The molecule has 3 heteroatoms. The number of nitrogens with one attached hydrogen (secondary N) is 1. The lowest BCUT2D eigenvalue weighted by Crippen LogP contribution is -2.11. The summed E-state index contributed by atoms with van der Waals surface area (Å²) >= 11 is 0. The van der Waals surface area contributed by atoms with Gasteiger partial charge in [-0.3, -0.25) is 4.79 Å². The Morgan fingerprint density at radius 2 is 1.74 bits per heavy atom. The monoisotopic (exact) mass is 261 g/mol. The Balaban J connectivity index is 2.13. The molecule has 19 heavy (non-hydrogen) atoms. The normalized spacial score (nSPS) is 10.2. The van der Waals surface area contributed by atoms with Crippen LogP contribution in [0.15, 0.2) is 24.3 Å². The van der Waals surface area contributed by atoms with Gasteiger partial charge in [0.1, 0.15) is 5.78 Å². The summed E-state index contributed by atoms with van der Waals surface area (Å²) in [6.07, 6.45) is 5.07. The third-order valence-electron chi connectivity index (χ3n) is 2.98. The molecular weight excluding hydrogens is 238 g/mol. The van der Waals surface area contributed by atoms with Crippen LogP contribution >= 0.6 is 0 Å². The van der Waals surface area contributed by atoms with Crippen molar-refractivity contribution in [1.82, 2.24) is 0 Å². The Hall–Kier alpha value is -1.64. The van der Waals surface area contributed by atoms with Crippen molar-refractivity contribution >= 4 is 17.4 Å². The molecule has 0 spiro atoms. The number of ketones is 1. The molecule has 1 amide bonds. The zero-order valence-electron chi connectivity index (χ0n) is 11.9. The van der Waals surface area contributed by atoms with Crippen molar-refractivity contribution in [3.8, 4) is 0 Å². The largest absolute Gasteiger partial charge is 0.326 e. The van der Waals surface area contributed by atoms with Gasteiger partial charge in [0, 0.05) is 18.5 Å². The first kappa shape index (κ1) is 15.4. The standard InChI is InChI=1S/C16H23NO2/c1-13-8-7-10-15(12-13)17-16(19)11-6-4-3-5-9-14(2)18/h7-8,10,12H,3-6,9,11H2,1-2H3,(H,17,19). The molecule has 1 aromatic carbocycles. The molecule has 0 radical (unpaired) electrons. The fourth-order valence-corrected chi connectivity index (χ4v) is 1.96. The third kappa shape index (κ3) is 7.39. The highest BCUT2D eigenvalue weighted by Gasteiger charge is 2.02. The van der Waals surface area contributed by atoms with Crippen LogP contribution in [0.1, 0.15) is 51.0 Å². The second kappa shape index (κ2) is 8.46. The molecule has 0 atom stereocenters. The number of unbranched alkanes of at least 4 members (excludes halogenated alkanes) is 3. The molecule has 0 heterocycles. The first-order valence-electron chi connectivity index (χ1n) is 6.94. The van der Waals surface area contributed by atoms with Crippen LogP contribution < -0.4 is 5.32 Å². The minimum atomic E-state index is 0.0668. The summed E-state index contributed by atoms with van der Waals surface area (Å²) in [6.45, 7) is 3.62. The van der Waals surface area contributed by atoms with Gasteiger partial charge in [-0.25, -0.2) is 0 Å². The molecule has 0 fully saturated rings. The molecule has 1 aromatic rings. The van der Waals surface area contributed by atoms with Crippen molar-refractivity contribution in [2.75, 3.05) is 5.32 Å². The first-order chi connectivity index (χ1) is 9.08. The second-order valence-corrected chi connectivity index (χ2v) is 5.03. The van der Waals surface area contributed by atoms with Gasteiger partial charge < -0.3 is 10.1 Å². The zero-order chi connectivity index (χ0) is 14.1. The maximum Gasteiger partial charge on any atom is 0.224 e. The van der Waals surface area contributed by atoms with Gasteiger partial charge in [0.25, 0.3) is 0 Å². The third-order valence-corrected chi connectivity index (χ3v) is 2.98. The summed E-state index contributed by atoms with van der Waals surface area (Å²) in [5.41, 5.74) is 2.00. The van der Waals surface area contributed by atoms with E-state index in [1.807, 2.05) is 31.2 Å². The summed E-state index contributed by atoms with van der Waals surface area (Å²) in [7, 11) is 0. The Bertz CT molecular complexity index is 427. The van der Waals surface area contributed by atoms with E-state index in [0.29, 0.717) is 12.8 Å². The number of carbonyl (C=O) groups is 2. The van der Waals surface area contributed by atoms with Crippen LogP contribution in [-0.4, -0.2) is 11.7 Å². The highest BCUT2D eigenvalue weighted by molar-refractivity contribution is 5.90. The highest BCUT2D eigenvalue weighted by atomic mass is 16.1. The number of hydrogen-bond acceptors (Lipinski definition) is 2. The van der Waals surface area contributed by atoms with Gasteiger partial charge in [0.15, 0.2) is 0 Å². The predicted molar refractivity (Wildman–Crippen MR) is 78.2 cm³/mol. The Kier molecular flexibility index (Phi) is 6.86. The topological polar surface area (TPSA) is 46.2 Å². The molecule has 0 saturated carbocycles. The lowest BCUT2D eigenvalue weighted by Gasteiger charge is -2.05. The lowest BCUT2D eigenvalue weighted by molar-refractivity contribution is -0.117. The van der Waals surface area contributed by atoms with E-state index in [9.17, 15) is 9.59 Å². The number of aryl methyl sites for hydroxylation is 1. The Morgan fingerprint density at radius 1 is 1.05 bits per heavy atom. The number of benzene rings is 1. The molecule has 104 valence electrons. The molecule has 0 aliphatic carbocycles. The van der Waals surface area contributed by atoms with Crippen molar-refractivity contribution in [3.63, 3.8) is 0 Å². The first-order valence-corrected chi connectivity index (χ1v) is 6.94. The van der Waals surface area contributed by atoms with Gasteiger partial charge in [-0.2, -0.15) is 0 Å². The van der Waals surface area contributed by atoms with Crippen LogP contribution in [-0.2, 0) is 9.59 Å². The molecule has 0 saturated heterocycles. The maximum absolute atomic E-state index is 11.7. The number of anilines is 1. The Morgan fingerprint density at radius 3 is 2.37 bits per heavy atom. The predicted octanol–water partition coefficient (Wildman–Crippen LogP) is 3.86. The van der Waals surface area contributed by atoms with Gasteiger partial charge in [-0.1, -0.05) is 25.0 Å². The zero-order valence-corrected chi connectivity index (χ0v) is 11.9. The van der Waals surface area contributed by atoms with E-state index in [0.717, 1.165) is 36.9 Å². The van der Waals surface area contributed by atoms with E-state index in [1.54, 1.807) is 6.92 Å². The average molecular weight is 261 g/mol. The van der Waals surface area contributed by atoms with E-state index in [1.165, 1.54) is 0 Å². The fourth-order valence-electron chi connectivity index (χ4n) is 1.96. The van der Waals surface area contributed by atoms with E-state index < -0.39 is 0 Å². The van der Waals surface area contributed by atoms with Crippen LogP contribution in [0.25, 0.3) is 0 Å². The van der Waals surface area contributed by atoms with Gasteiger partial charge in [0.2, 0.25) is 5.91 Å². The number of carbonyl (C=O) groups excluding carboxylic acids is 2. The molecule has 0 bridgehead atoms. The van der Waals surface area contributed by atoms with Crippen LogP contribution in [0, 0.1) is 6.92 Å². The summed E-state index contributed by atoms with van der Waals surface area (Å²) in [5, 5.41) is 2.90. The summed E-state index contributed by atoms with van der Waals surface area (Å²) in [5.74, 6) is 0.314. The van der Waals surface area contributed by atoms with E-state index in [-0.39, 0.29) is 11.7 Å². The minimum Gasteiger partial charge on any atom is -0.326 e. The number of Topliss-reactive ketones (excluding diaryl/α,β-unsaturated/α-hetero) is 1. The molecule has 0 aliphatic rings. The van der Waals surface area contributed by atoms with Gasteiger partial charge >= 0.3 is 0 Å². The lowest BCUT2D eigenvalue weighted by atomic mass is 10.1. The Labute approximate surface area is 115 Å². The SMILES string of the molecule is CC(=O)CCCCCCC(=O)Nc1cccc(C)c1. The van der Waals surface area contributed by atoms with E-state index >= 15 is 0 Å². The summed E-state index contributed by atoms with van der Waals surface area (Å²) < 4.78 is 0. The molecule has 1 N–H and O–H groups in total. The van der Waals surface area contributed by atoms with Crippen LogP contribution in [0.3, 0.4) is 0 Å². The van der Waals surface area contributed by atoms with Gasteiger partial charge in [-0.15, -0.1) is 0 Å². The number of amides is 1. The van der Waals surface area contributed by atoms with Crippen molar-refractivity contribution in [3.05, 3.63) is 29.8 Å². The molecule has 1 rings (SSSR count). The van der Waals surface area contributed by atoms with Crippen molar-refractivity contribution < 1.29 is 9.59 Å². The van der Waals surface area contributed by atoms with Crippen molar-refractivity contribution in [2.24, 2.45) is 0 Å². The van der Waals surface area contributed by atoms with E-state index in [4.69, 9.17) is 0 Å². The molecule has 0 aliphatic heterocycles. The van der Waals surface area contributed by atoms with Crippen molar-refractivity contribution in [1.29, 1.82) is 0 Å². The summed E-state index contributed by atoms with van der Waals surface area (Å²) in [6, 6.07) is 7.81. The molecule has 3 nitrogen and oxygen atoms in total. The number of hydrogen-bond donors (Lipinski definition) is 1. The second-order valence-electron chi connectivity index (χ2n) is 5.03. The maximum atomic E-state index is 11.7. The summed E-state index contributed by atoms with van der Waals surface area (Å²) in [4.78, 5) is 22.5. The van der Waals surface area contributed by atoms with Crippen LogP contribution in [0.2, 0.25) is 0 Å². The quantitative estimate of drug-likeness (QED) is 0.722. The van der Waals surface area contributed by atoms with Crippen LogP contribution in [0.5, 0.6) is 0 Å². The molecule has 0 unspecified atom stereocenters.